The number of ether oxygens (including phenoxy) is 1. The van der Waals surface area contributed by atoms with Crippen molar-refractivity contribution in [2.24, 2.45) is 5.92 Å². The van der Waals surface area contributed by atoms with Crippen molar-refractivity contribution in [1.29, 1.82) is 0 Å². The fourth-order valence-corrected chi connectivity index (χ4v) is 8.97. The van der Waals surface area contributed by atoms with Gasteiger partial charge in [-0.2, -0.15) is 0 Å². The third kappa shape index (κ3) is 19.1. The molecule has 74 heavy (non-hydrogen) atoms. The van der Waals surface area contributed by atoms with Crippen LogP contribution in [0, 0.1) is 25.0 Å². The summed E-state index contributed by atoms with van der Waals surface area (Å²) in [6, 6.07) is 40.7. The Morgan fingerprint density at radius 2 is 1.34 bits per heavy atom. The molecule has 2 N–H and O–H groups in total. The minimum absolute atomic E-state index is 0. The van der Waals surface area contributed by atoms with Crippen molar-refractivity contribution in [1.82, 2.24) is 35.5 Å². The van der Waals surface area contributed by atoms with E-state index in [9.17, 15) is 32.4 Å². The second-order valence-corrected chi connectivity index (χ2v) is 19.5. The zero-order valence-electron chi connectivity index (χ0n) is 41.4. The van der Waals surface area contributed by atoms with Crippen LogP contribution < -0.4 is 15.5 Å². The number of hydrogen-bond donors (Lipinski definition) is 2. The maximum absolute atomic E-state index is 13.6. The number of hydrogen-bond acceptors (Lipinski definition) is 13. The van der Waals surface area contributed by atoms with E-state index in [-0.39, 0.29) is 89.3 Å². The quantitative estimate of drug-likeness (QED) is 0.0450. The molecule has 0 aliphatic carbocycles. The second-order valence-electron chi connectivity index (χ2n) is 17.3. The van der Waals surface area contributed by atoms with Crippen molar-refractivity contribution in [2.45, 2.75) is 51.5 Å². The number of nitrogens with zero attached hydrogens (tertiary/aromatic N) is 6. The van der Waals surface area contributed by atoms with Crippen molar-refractivity contribution in [3.05, 3.63) is 164 Å². The predicted molar refractivity (Wildman–Crippen MR) is 279 cm³/mol. The second kappa shape index (κ2) is 30.2. The van der Waals surface area contributed by atoms with Gasteiger partial charge in [0.25, 0.3) is 11.8 Å². The zero-order valence-corrected chi connectivity index (χ0v) is 44.6. The van der Waals surface area contributed by atoms with E-state index >= 15 is 0 Å². The van der Waals surface area contributed by atoms with Crippen LogP contribution >= 0.6 is 0 Å². The van der Waals surface area contributed by atoms with Crippen LogP contribution in [-0.2, 0) is 58.7 Å². The molecule has 2 aromatic carbocycles. The van der Waals surface area contributed by atoms with Crippen molar-refractivity contribution >= 4 is 44.9 Å². The number of ketones is 1. The summed E-state index contributed by atoms with van der Waals surface area (Å²) in [6.45, 7) is 3.64. The van der Waals surface area contributed by atoms with Crippen molar-refractivity contribution < 1.29 is 57.2 Å². The molecule has 389 valence electrons. The van der Waals surface area contributed by atoms with E-state index in [2.05, 4.69) is 42.7 Å². The number of anilines is 1. The Hall–Kier alpha value is -7.11. The van der Waals surface area contributed by atoms with Gasteiger partial charge in [-0.3, -0.25) is 38.8 Å². The maximum atomic E-state index is 13.6. The van der Waals surface area contributed by atoms with Crippen LogP contribution in [-0.4, -0.2) is 120 Å². The number of pyridine rings is 4. The summed E-state index contributed by atoms with van der Waals surface area (Å²) < 4.78 is 29.8. The van der Waals surface area contributed by atoms with Gasteiger partial charge in [0.2, 0.25) is 11.8 Å². The fourth-order valence-electron chi connectivity index (χ4n) is 7.97. The predicted octanol–water partition coefficient (Wildman–Crippen LogP) is 6.48. The van der Waals surface area contributed by atoms with E-state index in [1.807, 2.05) is 121 Å². The van der Waals surface area contributed by atoms with Crippen LogP contribution in [0.5, 0.6) is 0 Å². The van der Waals surface area contributed by atoms with Gasteiger partial charge in [0.05, 0.1) is 48.9 Å². The van der Waals surface area contributed by atoms with Gasteiger partial charge in [0, 0.05) is 101 Å². The Morgan fingerprint density at radius 3 is 1.92 bits per heavy atom. The van der Waals surface area contributed by atoms with E-state index in [1.54, 1.807) is 24.8 Å². The van der Waals surface area contributed by atoms with Crippen molar-refractivity contribution in [2.75, 3.05) is 56.3 Å². The number of Topliss-reactive ketones (excluding diaryl/α,β-unsaturated/α-hetero) is 1. The summed E-state index contributed by atoms with van der Waals surface area (Å²) in [5, 5.41) is 5.47. The Balaban J connectivity index is 0.000000325. The average Bonchev–Trinajstić information content (AvgIpc) is 4.04. The molecule has 8 rings (SSSR count). The van der Waals surface area contributed by atoms with Crippen LogP contribution in [0.4, 0.5) is 5.69 Å². The van der Waals surface area contributed by atoms with E-state index in [0.29, 0.717) is 31.5 Å². The Bertz CT molecular complexity index is 2720. The summed E-state index contributed by atoms with van der Waals surface area (Å²) >= 11 is 0. The molecule has 6 heterocycles. The minimum Gasteiger partial charge on any atom is -0.378 e. The van der Waals surface area contributed by atoms with Gasteiger partial charge in [-0.05, 0) is 86.0 Å². The van der Waals surface area contributed by atoms with E-state index in [0.717, 1.165) is 57.0 Å². The standard InChI is InChI=1S/C34H44N6O8S.2C11H8N.Ir/c1-24-10-13-35-27(20-24)28-22-26(11-14-36-28)39-16-5-6-29(39)30(41)21-25(23-49(2,46)47)34(45)38-12-4-3-7-31(42)37-15-18-48-19-17-40-32(43)8-9-33(40)44;2*1-2-6-10(7-3-1)11-8-4-5-9-12-11;/h8-11,13-14,20,22,25,29H,3-7,12,15-19,21,23H2,1-2H3,(H,37,42)(H,38,45);2*1-6,8-9H;/q;2*-1;. The van der Waals surface area contributed by atoms with E-state index < -0.39 is 33.5 Å². The van der Waals surface area contributed by atoms with E-state index in [4.69, 9.17) is 4.74 Å². The first-order valence-electron chi connectivity index (χ1n) is 24.1. The SMILES string of the molecule is Cc1ccnc(-c2cc(N3CCCC3C(=O)CC(CS(C)(=O)=O)C(=O)NCCCCC(=O)NCCOCCN3C(=O)C=CC3=O)ccn2)c1.[Ir].[c-]1ccccc1-c1ccccn1.[c-]1ccccc1-c1ccccn1. The summed E-state index contributed by atoms with van der Waals surface area (Å²) in [4.78, 5) is 82.2. The Morgan fingerprint density at radius 1 is 0.730 bits per heavy atom. The number of carbonyl (C=O) groups excluding carboxylic acids is 5. The van der Waals surface area contributed by atoms with Crippen LogP contribution in [0.2, 0.25) is 0 Å². The minimum atomic E-state index is -3.55. The van der Waals surface area contributed by atoms with Gasteiger partial charge in [-0.1, -0.05) is 24.3 Å². The Labute approximate surface area is 446 Å². The van der Waals surface area contributed by atoms with Gasteiger partial charge < -0.3 is 30.2 Å². The number of aromatic nitrogens is 4. The fraction of sp³-hybridized carbons (Fsp3) is 0.304. The molecular weight excluding hydrogens is 1140 g/mol. The summed E-state index contributed by atoms with van der Waals surface area (Å²) in [5.74, 6) is -3.11. The molecule has 2 atom stereocenters. The molecule has 16 nitrogen and oxygen atoms in total. The first kappa shape index (κ1) is 57.8. The molecule has 0 bridgehead atoms. The molecule has 2 aliphatic heterocycles. The molecule has 4 aromatic heterocycles. The summed E-state index contributed by atoms with van der Waals surface area (Å²) in [7, 11) is -3.55. The molecule has 0 spiro atoms. The van der Waals surface area contributed by atoms with Crippen LogP contribution in [0.15, 0.2) is 146 Å². The Kier molecular flexibility index (Phi) is 23.6. The number of aryl methyl sites for hydroxylation is 1. The van der Waals surface area contributed by atoms with Crippen LogP contribution in [0.25, 0.3) is 33.9 Å². The number of carbonyl (C=O) groups is 5. The normalized spacial score (nSPS) is 14.2. The number of sulfone groups is 1. The molecule has 1 radical (unpaired) electrons. The number of nitrogens with one attached hydrogen (secondary N) is 2. The number of imide groups is 1. The maximum Gasteiger partial charge on any atom is 0.253 e. The van der Waals surface area contributed by atoms with Crippen molar-refractivity contribution in [3.63, 3.8) is 0 Å². The molecular formula is C56H60IrN8O8S-2. The molecule has 2 aliphatic rings. The van der Waals surface area contributed by atoms with Gasteiger partial charge >= 0.3 is 0 Å². The van der Waals surface area contributed by atoms with Gasteiger partial charge in [-0.15, -0.1) is 71.8 Å². The third-order valence-electron chi connectivity index (χ3n) is 11.6. The number of unbranched alkanes of at least 4 members (excludes halogenated alkanes) is 1. The van der Waals surface area contributed by atoms with E-state index in [1.165, 1.54) is 12.2 Å². The monoisotopic (exact) mass is 1200 g/mol. The first-order chi connectivity index (χ1) is 35.3. The number of amides is 4. The molecule has 1 saturated heterocycles. The first-order valence-corrected chi connectivity index (χ1v) is 26.2. The molecule has 2 unspecified atom stereocenters. The largest absolute Gasteiger partial charge is 0.378 e. The molecule has 1 fully saturated rings. The molecule has 6 aromatic rings. The van der Waals surface area contributed by atoms with Gasteiger partial charge in [0.15, 0.2) is 5.78 Å². The molecule has 0 saturated carbocycles. The van der Waals surface area contributed by atoms with Crippen LogP contribution in [0.1, 0.15) is 44.1 Å². The zero-order chi connectivity index (χ0) is 51.8. The summed E-state index contributed by atoms with van der Waals surface area (Å²) in [5.41, 5.74) is 7.29. The van der Waals surface area contributed by atoms with Gasteiger partial charge in [0.1, 0.15) is 9.84 Å². The van der Waals surface area contributed by atoms with Gasteiger partial charge in [-0.25, -0.2) is 8.42 Å². The number of benzene rings is 2. The average molecular weight is 1200 g/mol. The topological polar surface area (TPSA) is 211 Å². The number of rotatable bonds is 21. The summed E-state index contributed by atoms with van der Waals surface area (Å²) in [6.07, 6.45) is 12.8. The van der Waals surface area contributed by atoms with Crippen LogP contribution in [0.3, 0.4) is 0 Å². The molecule has 4 amide bonds. The van der Waals surface area contributed by atoms with Crippen molar-refractivity contribution in [3.8, 4) is 33.9 Å². The third-order valence-corrected chi connectivity index (χ3v) is 12.6. The smallest absolute Gasteiger partial charge is 0.253 e. The molecule has 18 heteroatoms.